The highest BCUT2D eigenvalue weighted by Gasteiger charge is 2.31. The third-order valence-corrected chi connectivity index (χ3v) is 7.89. The first-order valence-corrected chi connectivity index (χ1v) is 12.7. The van der Waals surface area contributed by atoms with Crippen LogP contribution in [0.25, 0.3) is 0 Å². The lowest BCUT2D eigenvalue weighted by Crippen LogP contribution is -2.52. The average Bonchev–Trinajstić information content (AvgIpc) is 2.80. The zero-order valence-corrected chi connectivity index (χ0v) is 21.1. The van der Waals surface area contributed by atoms with Crippen molar-refractivity contribution < 1.29 is 4.79 Å². The zero-order chi connectivity index (χ0) is 23.5. The molecule has 33 heavy (non-hydrogen) atoms. The fourth-order valence-electron chi connectivity index (χ4n) is 5.08. The maximum absolute atomic E-state index is 11.6. The molecule has 2 aromatic rings. The molecule has 178 valence electrons. The van der Waals surface area contributed by atoms with Crippen LogP contribution < -0.4 is 16.0 Å². The van der Waals surface area contributed by atoms with Crippen molar-refractivity contribution in [1.29, 1.82) is 0 Å². The summed E-state index contributed by atoms with van der Waals surface area (Å²) >= 11 is 18.9. The summed E-state index contributed by atoms with van der Waals surface area (Å²) in [6.07, 6.45) is 4.08. The molecule has 0 aromatic heterocycles. The van der Waals surface area contributed by atoms with E-state index < -0.39 is 0 Å². The first-order valence-electron chi connectivity index (χ1n) is 11.6. The van der Waals surface area contributed by atoms with Crippen molar-refractivity contribution in [1.82, 2.24) is 4.90 Å². The summed E-state index contributed by atoms with van der Waals surface area (Å²) < 4.78 is 0. The Balaban J connectivity index is 1.39. The number of benzene rings is 2. The fraction of sp³-hybridized carbons (Fsp3) is 0.480. The molecular weight excluding hydrogens is 479 g/mol. The predicted molar refractivity (Wildman–Crippen MR) is 139 cm³/mol. The Bertz CT molecular complexity index is 994. The third-order valence-electron chi connectivity index (χ3n) is 7.00. The van der Waals surface area contributed by atoms with Gasteiger partial charge in [0.15, 0.2) is 0 Å². The Hall–Kier alpha value is -1.66. The van der Waals surface area contributed by atoms with Crippen LogP contribution >= 0.6 is 34.8 Å². The fourth-order valence-corrected chi connectivity index (χ4v) is 5.83. The van der Waals surface area contributed by atoms with E-state index in [1.807, 2.05) is 18.2 Å². The van der Waals surface area contributed by atoms with Gasteiger partial charge in [-0.2, -0.15) is 0 Å². The Morgan fingerprint density at radius 1 is 1.03 bits per heavy atom. The minimum absolute atomic E-state index is 0.0242. The lowest BCUT2D eigenvalue weighted by Gasteiger charge is -2.42. The van der Waals surface area contributed by atoms with Crippen LogP contribution in [0.5, 0.6) is 0 Å². The van der Waals surface area contributed by atoms with Crippen LogP contribution in [0.1, 0.15) is 44.2 Å². The molecule has 0 bridgehead atoms. The van der Waals surface area contributed by atoms with Crippen LogP contribution in [0, 0.1) is 5.92 Å². The highest BCUT2D eigenvalue weighted by molar-refractivity contribution is 6.35. The van der Waals surface area contributed by atoms with E-state index in [9.17, 15) is 4.79 Å². The standard InChI is InChI=1S/C25H31Cl3N4O/c1-16(21-7-5-18(26)14-23(21)28)30-24-15-20(6-8-22(24)27)32-11-9-31(10-12-32)19-4-2-3-17(13-19)25(29)33/h5-8,14-17,19,30H,2-4,9-13H2,1H3,(H2,29,33)/t16?,17-,19-/m1/s1. The molecule has 2 aliphatic rings. The van der Waals surface area contributed by atoms with Crippen molar-refractivity contribution >= 4 is 52.1 Å². The van der Waals surface area contributed by atoms with E-state index in [1.165, 1.54) is 0 Å². The molecule has 0 spiro atoms. The molecule has 1 aliphatic carbocycles. The van der Waals surface area contributed by atoms with Gasteiger partial charge in [-0.05, 0) is 62.1 Å². The SMILES string of the molecule is CC(Nc1cc(N2CCN([C@@H]3CCC[C@@H](C(N)=O)C3)CC2)ccc1Cl)c1ccc(Cl)cc1Cl. The van der Waals surface area contributed by atoms with Gasteiger partial charge in [-0.1, -0.05) is 47.3 Å². The number of nitrogens with one attached hydrogen (secondary N) is 1. The van der Waals surface area contributed by atoms with Gasteiger partial charge in [0, 0.05) is 53.9 Å². The summed E-state index contributed by atoms with van der Waals surface area (Å²) in [5.41, 5.74) is 8.57. The summed E-state index contributed by atoms with van der Waals surface area (Å²) in [6.45, 7) is 5.91. The van der Waals surface area contributed by atoms with Gasteiger partial charge < -0.3 is 16.0 Å². The Morgan fingerprint density at radius 2 is 1.79 bits per heavy atom. The number of hydrogen-bond donors (Lipinski definition) is 2. The zero-order valence-electron chi connectivity index (χ0n) is 18.9. The molecule has 1 saturated carbocycles. The Morgan fingerprint density at radius 3 is 2.48 bits per heavy atom. The lowest BCUT2D eigenvalue weighted by molar-refractivity contribution is -0.123. The van der Waals surface area contributed by atoms with Crippen molar-refractivity contribution in [3.63, 3.8) is 0 Å². The number of hydrogen-bond acceptors (Lipinski definition) is 4. The van der Waals surface area contributed by atoms with Crippen LogP contribution in [0.3, 0.4) is 0 Å². The second-order valence-corrected chi connectivity index (χ2v) is 10.4. The summed E-state index contributed by atoms with van der Waals surface area (Å²) in [7, 11) is 0. The van der Waals surface area contributed by atoms with E-state index >= 15 is 0 Å². The van der Waals surface area contributed by atoms with Crippen LogP contribution in [-0.4, -0.2) is 43.0 Å². The lowest BCUT2D eigenvalue weighted by atomic mass is 9.84. The van der Waals surface area contributed by atoms with E-state index in [2.05, 4.69) is 34.2 Å². The van der Waals surface area contributed by atoms with E-state index in [1.54, 1.807) is 6.07 Å². The molecule has 4 rings (SSSR count). The van der Waals surface area contributed by atoms with Gasteiger partial charge in [0.25, 0.3) is 0 Å². The number of piperazine rings is 1. The minimum Gasteiger partial charge on any atom is -0.377 e. The molecule has 1 heterocycles. The maximum Gasteiger partial charge on any atom is 0.220 e. The molecule has 2 aromatic carbocycles. The topological polar surface area (TPSA) is 61.6 Å². The highest BCUT2D eigenvalue weighted by atomic mass is 35.5. The maximum atomic E-state index is 11.6. The van der Waals surface area contributed by atoms with Gasteiger partial charge in [0.05, 0.1) is 16.8 Å². The quantitative estimate of drug-likeness (QED) is 0.502. The van der Waals surface area contributed by atoms with Crippen molar-refractivity contribution in [2.75, 3.05) is 36.4 Å². The van der Waals surface area contributed by atoms with Crippen LogP contribution in [0.15, 0.2) is 36.4 Å². The average molecular weight is 510 g/mol. The largest absolute Gasteiger partial charge is 0.377 e. The molecule has 5 nitrogen and oxygen atoms in total. The van der Waals surface area contributed by atoms with Crippen molar-refractivity contribution in [3.8, 4) is 0 Å². The Labute approximate surface area is 211 Å². The summed E-state index contributed by atoms with van der Waals surface area (Å²) in [5, 5.41) is 5.43. The Kier molecular flexibility index (Phi) is 7.95. The molecule has 1 unspecified atom stereocenters. The molecule has 0 radical (unpaired) electrons. The number of amides is 1. The van der Waals surface area contributed by atoms with Gasteiger partial charge in [-0.15, -0.1) is 0 Å². The van der Waals surface area contributed by atoms with Crippen LogP contribution in [-0.2, 0) is 4.79 Å². The van der Waals surface area contributed by atoms with Crippen LogP contribution in [0.4, 0.5) is 11.4 Å². The molecule has 3 atom stereocenters. The highest BCUT2D eigenvalue weighted by Crippen LogP contribution is 2.34. The smallest absolute Gasteiger partial charge is 0.220 e. The second kappa shape index (κ2) is 10.7. The van der Waals surface area contributed by atoms with Gasteiger partial charge in [-0.25, -0.2) is 0 Å². The molecule has 1 amide bonds. The number of nitrogens with two attached hydrogens (primary N) is 1. The monoisotopic (exact) mass is 508 g/mol. The second-order valence-electron chi connectivity index (χ2n) is 9.14. The molecule has 2 fully saturated rings. The number of primary amides is 1. The van der Waals surface area contributed by atoms with Crippen LogP contribution in [0.2, 0.25) is 15.1 Å². The molecule has 8 heteroatoms. The normalized spacial score (nSPS) is 22.7. The summed E-state index contributed by atoms with van der Waals surface area (Å²) in [6, 6.07) is 12.1. The number of nitrogens with zero attached hydrogens (tertiary/aromatic N) is 2. The molecule has 1 saturated heterocycles. The van der Waals surface area contributed by atoms with Crippen molar-refractivity contribution in [2.45, 2.75) is 44.7 Å². The molecule has 1 aliphatic heterocycles. The van der Waals surface area contributed by atoms with E-state index in [0.29, 0.717) is 21.1 Å². The van der Waals surface area contributed by atoms with Crippen molar-refractivity contribution in [2.24, 2.45) is 11.7 Å². The number of halogens is 3. The molecular formula is C25H31Cl3N4O. The molecule has 3 N–H and O–H groups in total. The number of carbonyl (C=O) groups excluding carboxylic acids is 1. The van der Waals surface area contributed by atoms with Gasteiger partial charge in [0.2, 0.25) is 5.91 Å². The van der Waals surface area contributed by atoms with Crippen molar-refractivity contribution in [3.05, 3.63) is 57.0 Å². The third kappa shape index (κ3) is 5.89. The van der Waals surface area contributed by atoms with E-state index in [0.717, 1.165) is 68.8 Å². The number of carbonyl (C=O) groups is 1. The summed E-state index contributed by atoms with van der Waals surface area (Å²) in [5.74, 6) is -0.114. The van der Waals surface area contributed by atoms with E-state index in [-0.39, 0.29) is 17.9 Å². The van der Waals surface area contributed by atoms with Gasteiger partial charge in [0.1, 0.15) is 0 Å². The summed E-state index contributed by atoms with van der Waals surface area (Å²) in [4.78, 5) is 16.6. The number of rotatable bonds is 6. The first-order chi connectivity index (χ1) is 15.8. The number of anilines is 2. The minimum atomic E-state index is -0.145. The van der Waals surface area contributed by atoms with Gasteiger partial charge >= 0.3 is 0 Å². The van der Waals surface area contributed by atoms with Gasteiger partial charge in [-0.3, -0.25) is 9.69 Å². The predicted octanol–water partition coefficient (Wildman–Crippen LogP) is 5.99. The first kappa shape index (κ1) is 24.5. The van der Waals surface area contributed by atoms with E-state index in [4.69, 9.17) is 40.5 Å².